The Kier molecular flexibility index (Phi) is 3.46. The van der Waals surface area contributed by atoms with Crippen LogP contribution in [-0.2, 0) is 6.42 Å². The van der Waals surface area contributed by atoms with Crippen LogP contribution in [0.15, 0.2) is 47.8 Å². The Balaban J connectivity index is 1.68. The van der Waals surface area contributed by atoms with Crippen LogP contribution < -0.4 is 0 Å². The fraction of sp³-hybridized carbons (Fsp3) is 0.200. The third kappa shape index (κ3) is 2.48. The van der Waals surface area contributed by atoms with Crippen molar-refractivity contribution in [1.82, 2.24) is 0 Å². The first-order valence-corrected chi connectivity index (χ1v) is 7.71. The second kappa shape index (κ2) is 5.22. The molecule has 0 fully saturated rings. The molecule has 0 aliphatic carbocycles. The van der Waals surface area contributed by atoms with E-state index in [9.17, 15) is 5.11 Å². The van der Waals surface area contributed by atoms with Gasteiger partial charge in [0.15, 0.2) is 0 Å². The zero-order valence-electron chi connectivity index (χ0n) is 9.87. The average Bonchev–Trinajstić information content (AvgIpc) is 2.98. The van der Waals surface area contributed by atoms with E-state index in [1.807, 2.05) is 18.2 Å². The van der Waals surface area contributed by atoms with E-state index in [0.717, 1.165) is 17.7 Å². The van der Waals surface area contributed by atoms with Crippen molar-refractivity contribution in [2.24, 2.45) is 0 Å². The number of fused-ring (bicyclic) bond motifs is 1. The van der Waals surface area contributed by atoms with Gasteiger partial charge in [0.05, 0.1) is 6.10 Å². The standard InChI is InChI=1S/C15H14OS2/c16-12(7-6-11-4-2-1-3-5-11)14-10-15-13(18-14)8-9-17-15/h1-5,8-10,12,16H,6-7H2. The van der Waals surface area contributed by atoms with Crippen molar-refractivity contribution in [3.05, 3.63) is 58.3 Å². The number of thiophene rings is 2. The number of hydrogen-bond donors (Lipinski definition) is 1. The number of aliphatic hydroxyl groups excluding tert-OH is 1. The summed E-state index contributed by atoms with van der Waals surface area (Å²) in [4.78, 5) is 1.09. The smallest absolute Gasteiger partial charge is 0.0885 e. The van der Waals surface area contributed by atoms with Crippen LogP contribution in [0.4, 0.5) is 0 Å². The van der Waals surface area contributed by atoms with Crippen LogP contribution in [0.25, 0.3) is 9.40 Å². The van der Waals surface area contributed by atoms with E-state index < -0.39 is 0 Å². The highest BCUT2D eigenvalue weighted by molar-refractivity contribution is 7.26. The molecule has 2 aromatic heterocycles. The molecule has 1 atom stereocenters. The first kappa shape index (κ1) is 11.9. The van der Waals surface area contributed by atoms with Crippen molar-refractivity contribution in [2.45, 2.75) is 18.9 Å². The lowest BCUT2D eigenvalue weighted by Gasteiger charge is -2.08. The molecular weight excluding hydrogens is 260 g/mol. The van der Waals surface area contributed by atoms with Crippen molar-refractivity contribution in [1.29, 1.82) is 0 Å². The van der Waals surface area contributed by atoms with E-state index in [-0.39, 0.29) is 6.10 Å². The minimum Gasteiger partial charge on any atom is -0.388 e. The van der Waals surface area contributed by atoms with Crippen LogP contribution in [0.5, 0.6) is 0 Å². The molecule has 3 heteroatoms. The van der Waals surface area contributed by atoms with Crippen LogP contribution >= 0.6 is 22.7 Å². The molecule has 0 radical (unpaired) electrons. The molecule has 0 bridgehead atoms. The Hall–Kier alpha value is -1.16. The largest absolute Gasteiger partial charge is 0.388 e. The summed E-state index contributed by atoms with van der Waals surface area (Å²) in [7, 11) is 0. The van der Waals surface area contributed by atoms with Gasteiger partial charge in [-0.3, -0.25) is 0 Å². The van der Waals surface area contributed by atoms with Gasteiger partial charge in [0.2, 0.25) is 0 Å². The van der Waals surface area contributed by atoms with Gasteiger partial charge in [-0.15, -0.1) is 22.7 Å². The molecule has 0 saturated heterocycles. The Morgan fingerprint density at radius 3 is 2.67 bits per heavy atom. The van der Waals surface area contributed by atoms with Gasteiger partial charge in [-0.05, 0) is 35.9 Å². The summed E-state index contributed by atoms with van der Waals surface area (Å²) in [6, 6.07) is 14.6. The molecule has 0 amide bonds. The Morgan fingerprint density at radius 1 is 1.06 bits per heavy atom. The lowest BCUT2D eigenvalue weighted by atomic mass is 10.1. The van der Waals surface area contributed by atoms with E-state index >= 15 is 0 Å². The fourth-order valence-electron chi connectivity index (χ4n) is 2.04. The van der Waals surface area contributed by atoms with Gasteiger partial charge in [-0.1, -0.05) is 30.3 Å². The molecule has 3 rings (SSSR count). The lowest BCUT2D eigenvalue weighted by Crippen LogP contribution is -1.97. The minimum absolute atomic E-state index is 0.338. The van der Waals surface area contributed by atoms with Crippen LogP contribution in [0, 0.1) is 0 Å². The molecule has 0 aliphatic heterocycles. The van der Waals surface area contributed by atoms with Crippen LogP contribution in [0.2, 0.25) is 0 Å². The maximum atomic E-state index is 10.2. The van der Waals surface area contributed by atoms with Gasteiger partial charge in [-0.25, -0.2) is 0 Å². The average molecular weight is 274 g/mol. The molecule has 0 aliphatic rings. The lowest BCUT2D eigenvalue weighted by molar-refractivity contribution is 0.171. The summed E-state index contributed by atoms with van der Waals surface area (Å²) in [6.45, 7) is 0. The molecule has 1 unspecified atom stereocenters. The number of rotatable bonds is 4. The zero-order valence-corrected chi connectivity index (χ0v) is 11.5. The van der Waals surface area contributed by atoms with Crippen LogP contribution in [0.3, 0.4) is 0 Å². The van der Waals surface area contributed by atoms with E-state index in [4.69, 9.17) is 0 Å². The fourth-order valence-corrected chi connectivity index (χ4v) is 4.18. The molecule has 1 nitrogen and oxygen atoms in total. The van der Waals surface area contributed by atoms with Gasteiger partial charge < -0.3 is 5.11 Å². The number of aryl methyl sites for hydroxylation is 1. The first-order valence-electron chi connectivity index (χ1n) is 6.02. The second-order valence-corrected chi connectivity index (χ2v) is 6.40. The van der Waals surface area contributed by atoms with Crippen molar-refractivity contribution in [3.8, 4) is 0 Å². The number of aliphatic hydroxyl groups is 1. The summed E-state index contributed by atoms with van der Waals surface area (Å²) >= 11 is 3.45. The predicted octanol–water partition coefficient (Wildman–Crippen LogP) is 4.63. The maximum Gasteiger partial charge on any atom is 0.0885 e. The highest BCUT2D eigenvalue weighted by Crippen LogP contribution is 2.34. The van der Waals surface area contributed by atoms with Crippen molar-refractivity contribution < 1.29 is 5.11 Å². The van der Waals surface area contributed by atoms with Gasteiger partial charge in [0.25, 0.3) is 0 Å². The van der Waals surface area contributed by atoms with Gasteiger partial charge in [0.1, 0.15) is 0 Å². The van der Waals surface area contributed by atoms with Gasteiger partial charge >= 0.3 is 0 Å². The Morgan fingerprint density at radius 2 is 1.89 bits per heavy atom. The topological polar surface area (TPSA) is 20.2 Å². The molecule has 18 heavy (non-hydrogen) atoms. The summed E-state index contributed by atoms with van der Waals surface area (Å²) in [5.74, 6) is 0. The van der Waals surface area contributed by atoms with Crippen LogP contribution in [0.1, 0.15) is 23.0 Å². The van der Waals surface area contributed by atoms with E-state index in [2.05, 4.69) is 29.6 Å². The first-order chi connectivity index (χ1) is 8.83. The predicted molar refractivity (Wildman–Crippen MR) is 79.4 cm³/mol. The molecule has 92 valence electrons. The molecule has 0 saturated carbocycles. The van der Waals surface area contributed by atoms with Gasteiger partial charge in [0, 0.05) is 14.3 Å². The second-order valence-electron chi connectivity index (χ2n) is 4.34. The van der Waals surface area contributed by atoms with E-state index in [1.165, 1.54) is 15.0 Å². The minimum atomic E-state index is -0.338. The molecule has 3 aromatic rings. The van der Waals surface area contributed by atoms with Crippen molar-refractivity contribution in [2.75, 3.05) is 0 Å². The quantitative estimate of drug-likeness (QED) is 0.735. The monoisotopic (exact) mass is 274 g/mol. The van der Waals surface area contributed by atoms with Gasteiger partial charge in [-0.2, -0.15) is 0 Å². The Labute approximate surface area is 114 Å². The molecule has 1 N–H and O–H groups in total. The highest BCUT2D eigenvalue weighted by Gasteiger charge is 2.12. The SMILES string of the molecule is OC(CCc1ccccc1)c1cc2sccc2s1. The molecule has 0 spiro atoms. The summed E-state index contributed by atoms with van der Waals surface area (Å²) in [6.07, 6.45) is 1.38. The molecule has 1 aromatic carbocycles. The third-order valence-corrected chi connectivity index (χ3v) is 5.23. The molecular formula is C15H14OS2. The zero-order chi connectivity index (χ0) is 12.4. The summed E-state index contributed by atoms with van der Waals surface area (Å²) in [5.41, 5.74) is 1.29. The maximum absolute atomic E-state index is 10.2. The third-order valence-electron chi connectivity index (χ3n) is 3.04. The Bertz CT molecular complexity index is 596. The normalized spacial score (nSPS) is 12.9. The van der Waals surface area contributed by atoms with Crippen LogP contribution in [-0.4, -0.2) is 5.11 Å². The van der Waals surface area contributed by atoms with Crippen molar-refractivity contribution in [3.63, 3.8) is 0 Å². The van der Waals surface area contributed by atoms with E-state index in [1.54, 1.807) is 22.7 Å². The number of benzene rings is 1. The molecule has 2 heterocycles. The number of hydrogen-bond acceptors (Lipinski definition) is 3. The highest BCUT2D eigenvalue weighted by atomic mass is 32.1. The van der Waals surface area contributed by atoms with Crippen molar-refractivity contribution >= 4 is 32.1 Å². The summed E-state index contributed by atoms with van der Waals surface area (Å²) in [5, 5.41) is 12.3. The summed E-state index contributed by atoms with van der Waals surface area (Å²) < 4.78 is 2.57. The van der Waals surface area contributed by atoms with E-state index in [0.29, 0.717) is 0 Å².